The van der Waals surface area contributed by atoms with Crippen LogP contribution in [0.4, 0.5) is 5.82 Å². The Morgan fingerprint density at radius 3 is 2.45 bits per heavy atom. The first-order valence-electron chi connectivity index (χ1n) is 11.1. The summed E-state index contributed by atoms with van der Waals surface area (Å²) in [6, 6.07) is 10.3. The minimum atomic E-state index is 0.708. The van der Waals surface area contributed by atoms with Crippen molar-refractivity contribution in [2.75, 3.05) is 45.8 Å². The summed E-state index contributed by atoms with van der Waals surface area (Å²) in [6.07, 6.45) is 7.91. The van der Waals surface area contributed by atoms with Gasteiger partial charge in [-0.2, -0.15) is 0 Å². The van der Waals surface area contributed by atoms with E-state index in [-0.39, 0.29) is 0 Å². The van der Waals surface area contributed by atoms with Crippen LogP contribution in [-0.2, 0) is 13.0 Å². The monoisotopic (exact) mass is 425 g/mol. The van der Waals surface area contributed by atoms with E-state index < -0.39 is 0 Å². The third-order valence-corrected chi connectivity index (χ3v) is 5.58. The van der Waals surface area contributed by atoms with E-state index in [4.69, 9.17) is 9.47 Å². The largest absolute Gasteiger partial charge is 0.493 e. The number of benzene rings is 1. The van der Waals surface area contributed by atoms with E-state index in [9.17, 15) is 0 Å². The standard InChI is InChI=1S/C24H35N5O2/c1-25-24(27-13-10-19-8-9-21(30-2)22(16-19)31-3)28-18-20-11-12-26-23(17-20)29-14-6-4-5-7-15-29/h8-9,11-12,16-17H,4-7,10,13-15,18H2,1-3H3,(H2,25,27,28). The number of anilines is 1. The van der Waals surface area contributed by atoms with Crippen LogP contribution < -0.4 is 25.0 Å². The molecule has 0 saturated carbocycles. The fourth-order valence-corrected chi connectivity index (χ4v) is 3.81. The van der Waals surface area contributed by atoms with Crippen molar-refractivity contribution in [2.24, 2.45) is 4.99 Å². The van der Waals surface area contributed by atoms with Gasteiger partial charge in [0.15, 0.2) is 17.5 Å². The van der Waals surface area contributed by atoms with Gasteiger partial charge in [0.2, 0.25) is 0 Å². The number of methoxy groups -OCH3 is 2. The molecular weight excluding hydrogens is 390 g/mol. The zero-order valence-electron chi connectivity index (χ0n) is 19.0. The Morgan fingerprint density at radius 1 is 0.968 bits per heavy atom. The first-order valence-corrected chi connectivity index (χ1v) is 11.1. The van der Waals surface area contributed by atoms with Crippen LogP contribution in [0.5, 0.6) is 11.5 Å². The predicted molar refractivity (Wildman–Crippen MR) is 126 cm³/mol. The van der Waals surface area contributed by atoms with Gasteiger partial charge in [0, 0.05) is 39.4 Å². The highest BCUT2D eigenvalue weighted by atomic mass is 16.5. The molecule has 1 saturated heterocycles. The van der Waals surface area contributed by atoms with Crippen LogP contribution in [0, 0.1) is 0 Å². The van der Waals surface area contributed by atoms with Crippen molar-refractivity contribution in [3.63, 3.8) is 0 Å². The Bertz CT molecular complexity index is 848. The Morgan fingerprint density at radius 2 is 1.74 bits per heavy atom. The molecule has 0 amide bonds. The molecule has 3 rings (SSSR count). The van der Waals surface area contributed by atoms with Crippen LogP contribution in [-0.4, -0.2) is 51.8 Å². The van der Waals surface area contributed by atoms with E-state index in [1.165, 1.54) is 36.8 Å². The van der Waals surface area contributed by atoms with Gasteiger partial charge in [-0.05, 0) is 54.7 Å². The molecule has 0 unspecified atom stereocenters. The van der Waals surface area contributed by atoms with Crippen LogP contribution in [0.15, 0.2) is 41.5 Å². The lowest BCUT2D eigenvalue weighted by atomic mass is 10.1. The predicted octanol–water partition coefficient (Wildman–Crippen LogP) is 3.39. The van der Waals surface area contributed by atoms with Gasteiger partial charge in [-0.15, -0.1) is 0 Å². The van der Waals surface area contributed by atoms with E-state index in [0.29, 0.717) is 6.54 Å². The minimum Gasteiger partial charge on any atom is -0.493 e. The summed E-state index contributed by atoms with van der Waals surface area (Å²) in [5, 5.41) is 6.78. The second-order valence-corrected chi connectivity index (χ2v) is 7.72. The summed E-state index contributed by atoms with van der Waals surface area (Å²) in [4.78, 5) is 11.3. The normalized spacial score (nSPS) is 14.7. The smallest absolute Gasteiger partial charge is 0.191 e. The number of nitrogens with zero attached hydrogens (tertiary/aromatic N) is 3. The molecule has 0 spiro atoms. The fraction of sp³-hybridized carbons (Fsp3) is 0.500. The molecule has 7 heteroatoms. The highest BCUT2D eigenvalue weighted by Gasteiger charge is 2.11. The van der Waals surface area contributed by atoms with E-state index >= 15 is 0 Å². The Labute approximate surface area is 185 Å². The maximum absolute atomic E-state index is 5.38. The molecule has 0 atom stereocenters. The molecule has 0 radical (unpaired) electrons. The maximum Gasteiger partial charge on any atom is 0.191 e. The molecule has 7 nitrogen and oxygen atoms in total. The quantitative estimate of drug-likeness (QED) is 0.499. The molecular formula is C24H35N5O2. The first kappa shape index (κ1) is 22.7. The van der Waals surface area contributed by atoms with Crippen LogP contribution in [0.1, 0.15) is 36.8 Å². The topological polar surface area (TPSA) is 71.0 Å². The van der Waals surface area contributed by atoms with Gasteiger partial charge in [0.05, 0.1) is 14.2 Å². The summed E-state index contributed by atoms with van der Waals surface area (Å²) in [5.41, 5.74) is 2.38. The second kappa shape index (κ2) is 12.0. The van der Waals surface area contributed by atoms with Crippen molar-refractivity contribution >= 4 is 11.8 Å². The number of hydrogen-bond donors (Lipinski definition) is 2. The molecule has 1 aliphatic rings. The Balaban J connectivity index is 1.49. The average molecular weight is 426 g/mol. The highest BCUT2D eigenvalue weighted by molar-refractivity contribution is 5.79. The molecule has 0 bridgehead atoms. The third kappa shape index (κ3) is 6.77. The molecule has 1 aromatic heterocycles. The van der Waals surface area contributed by atoms with Crippen molar-refractivity contribution in [2.45, 2.75) is 38.6 Å². The van der Waals surface area contributed by atoms with Crippen LogP contribution in [0.3, 0.4) is 0 Å². The van der Waals surface area contributed by atoms with Gasteiger partial charge < -0.3 is 25.0 Å². The summed E-state index contributed by atoms with van der Waals surface area (Å²) in [5.74, 6) is 3.36. The molecule has 0 aliphatic carbocycles. The first-order chi connectivity index (χ1) is 15.2. The van der Waals surface area contributed by atoms with Crippen molar-refractivity contribution in [1.29, 1.82) is 0 Å². The maximum atomic E-state index is 5.38. The third-order valence-electron chi connectivity index (χ3n) is 5.58. The number of ether oxygens (including phenoxy) is 2. The van der Waals surface area contributed by atoms with Crippen molar-refractivity contribution < 1.29 is 9.47 Å². The molecule has 1 aromatic carbocycles. The number of hydrogen-bond acceptors (Lipinski definition) is 5. The van der Waals surface area contributed by atoms with Crippen molar-refractivity contribution in [1.82, 2.24) is 15.6 Å². The minimum absolute atomic E-state index is 0.708. The van der Waals surface area contributed by atoms with E-state index in [0.717, 1.165) is 49.3 Å². The summed E-state index contributed by atoms with van der Waals surface area (Å²) < 4.78 is 10.7. The lowest BCUT2D eigenvalue weighted by Crippen LogP contribution is -2.37. The Hall–Kier alpha value is -2.96. The molecule has 1 aliphatic heterocycles. The number of aliphatic imine (C=N–C) groups is 1. The van der Waals surface area contributed by atoms with Gasteiger partial charge in [-0.3, -0.25) is 4.99 Å². The van der Waals surface area contributed by atoms with E-state index in [2.05, 4.69) is 43.7 Å². The van der Waals surface area contributed by atoms with E-state index in [1.807, 2.05) is 18.3 Å². The highest BCUT2D eigenvalue weighted by Crippen LogP contribution is 2.27. The van der Waals surface area contributed by atoms with Crippen LogP contribution in [0.2, 0.25) is 0 Å². The number of guanidine groups is 1. The summed E-state index contributed by atoms with van der Waals surface area (Å²) >= 11 is 0. The lowest BCUT2D eigenvalue weighted by molar-refractivity contribution is 0.354. The zero-order chi connectivity index (χ0) is 21.9. The number of aromatic nitrogens is 1. The van der Waals surface area contributed by atoms with Crippen molar-refractivity contribution in [3.05, 3.63) is 47.7 Å². The zero-order valence-corrected chi connectivity index (χ0v) is 19.0. The molecule has 1 fully saturated rings. The lowest BCUT2D eigenvalue weighted by Gasteiger charge is -2.22. The number of pyridine rings is 1. The fourth-order valence-electron chi connectivity index (χ4n) is 3.81. The number of nitrogens with one attached hydrogen (secondary N) is 2. The van der Waals surface area contributed by atoms with Crippen LogP contribution >= 0.6 is 0 Å². The van der Waals surface area contributed by atoms with Gasteiger partial charge in [0.1, 0.15) is 5.82 Å². The summed E-state index contributed by atoms with van der Waals surface area (Å²) in [6.45, 7) is 3.68. The molecule has 2 aromatic rings. The van der Waals surface area contributed by atoms with Gasteiger partial charge in [-0.1, -0.05) is 18.9 Å². The van der Waals surface area contributed by atoms with Gasteiger partial charge in [0.25, 0.3) is 0 Å². The Kier molecular flexibility index (Phi) is 8.82. The van der Waals surface area contributed by atoms with E-state index in [1.54, 1.807) is 21.3 Å². The SMILES string of the molecule is CN=C(NCCc1ccc(OC)c(OC)c1)NCc1ccnc(N2CCCCCC2)c1. The van der Waals surface area contributed by atoms with Crippen LogP contribution in [0.25, 0.3) is 0 Å². The van der Waals surface area contributed by atoms with Gasteiger partial charge in [-0.25, -0.2) is 4.98 Å². The summed E-state index contributed by atoms with van der Waals surface area (Å²) in [7, 11) is 5.10. The average Bonchev–Trinajstić information content (AvgIpc) is 3.11. The van der Waals surface area contributed by atoms with Gasteiger partial charge >= 0.3 is 0 Å². The molecule has 31 heavy (non-hydrogen) atoms. The molecule has 168 valence electrons. The number of rotatable bonds is 8. The molecule has 2 heterocycles. The second-order valence-electron chi connectivity index (χ2n) is 7.72. The molecule has 2 N–H and O–H groups in total. The van der Waals surface area contributed by atoms with Crippen molar-refractivity contribution in [3.8, 4) is 11.5 Å².